The Morgan fingerprint density at radius 3 is 2.76 bits per heavy atom. The Balaban J connectivity index is 2.72. The summed E-state index contributed by atoms with van der Waals surface area (Å²) in [5.41, 5.74) is 2.52. The molecule has 1 heterocycles. The molecule has 1 rings (SSSR count). The number of thioether (sulfide) groups is 1. The summed E-state index contributed by atoms with van der Waals surface area (Å²) in [6.45, 7) is 3.36. The van der Waals surface area contributed by atoms with E-state index < -0.39 is 0 Å². The van der Waals surface area contributed by atoms with Crippen molar-refractivity contribution in [3.05, 3.63) is 11.9 Å². The molecule has 1 atom stereocenters. The van der Waals surface area contributed by atoms with Crippen molar-refractivity contribution >= 4 is 23.4 Å². The van der Waals surface area contributed by atoms with Crippen LogP contribution in [0.1, 0.15) is 12.7 Å². The molecule has 0 aliphatic heterocycles. The lowest BCUT2D eigenvalue weighted by Crippen LogP contribution is -2.16. The molecule has 6 nitrogen and oxygen atoms in total. The number of nitrogen functional groups attached to an aromatic ring is 1. The van der Waals surface area contributed by atoms with Gasteiger partial charge in [-0.2, -0.15) is 11.8 Å². The number of anilines is 2. The molecule has 1 aromatic heterocycles. The molecule has 1 unspecified atom stereocenters. The van der Waals surface area contributed by atoms with Crippen LogP contribution in [0.15, 0.2) is 6.07 Å². The van der Waals surface area contributed by atoms with E-state index in [1.807, 2.05) is 0 Å². The smallest absolute Gasteiger partial charge is 0.158 e. The summed E-state index contributed by atoms with van der Waals surface area (Å²) < 4.78 is 5.00. The van der Waals surface area contributed by atoms with E-state index >= 15 is 0 Å². The van der Waals surface area contributed by atoms with Gasteiger partial charge in [0.1, 0.15) is 18.2 Å². The van der Waals surface area contributed by atoms with Crippen LogP contribution in [0, 0.1) is 0 Å². The zero-order chi connectivity index (χ0) is 12.7. The van der Waals surface area contributed by atoms with Crippen LogP contribution in [-0.4, -0.2) is 35.1 Å². The molecule has 0 bridgehead atoms. The molecule has 0 aliphatic rings. The van der Waals surface area contributed by atoms with Crippen molar-refractivity contribution in [3.8, 4) is 0 Å². The standard InChI is InChI=1S/C10H19N5OS/c1-7(17-3)5-12-8-4-9(15-11)14-10(13-8)6-16-2/h4,7H,5-6,11H2,1-3H3,(H2,12,13,14,15). The van der Waals surface area contributed by atoms with Gasteiger partial charge in [-0.1, -0.05) is 6.92 Å². The molecule has 0 saturated carbocycles. The predicted molar refractivity (Wildman–Crippen MR) is 72.0 cm³/mol. The van der Waals surface area contributed by atoms with E-state index in [1.165, 1.54) is 0 Å². The maximum absolute atomic E-state index is 5.35. The molecule has 0 radical (unpaired) electrons. The molecule has 0 aromatic carbocycles. The summed E-state index contributed by atoms with van der Waals surface area (Å²) in [6.07, 6.45) is 2.08. The first-order valence-electron chi connectivity index (χ1n) is 5.29. The van der Waals surface area contributed by atoms with Crippen LogP contribution in [0.25, 0.3) is 0 Å². The number of rotatable bonds is 7. The van der Waals surface area contributed by atoms with Crippen LogP contribution in [0.4, 0.5) is 11.6 Å². The molecule has 0 fully saturated rings. The van der Waals surface area contributed by atoms with Crippen molar-refractivity contribution in [2.24, 2.45) is 5.84 Å². The van der Waals surface area contributed by atoms with Crippen molar-refractivity contribution < 1.29 is 4.74 Å². The molecule has 0 saturated heterocycles. The number of nitrogens with one attached hydrogen (secondary N) is 2. The van der Waals surface area contributed by atoms with Crippen LogP contribution < -0.4 is 16.6 Å². The SMILES string of the molecule is COCc1nc(NN)cc(NCC(C)SC)n1. The van der Waals surface area contributed by atoms with Crippen LogP contribution >= 0.6 is 11.8 Å². The number of ether oxygens (including phenoxy) is 1. The summed E-state index contributed by atoms with van der Waals surface area (Å²) in [7, 11) is 1.61. The second-order valence-corrected chi connectivity index (χ2v) is 4.84. The number of aromatic nitrogens is 2. The minimum atomic E-state index is 0.363. The van der Waals surface area contributed by atoms with Crippen LogP contribution in [0.5, 0.6) is 0 Å². The maximum atomic E-state index is 5.35. The number of hydrogen-bond donors (Lipinski definition) is 3. The third kappa shape index (κ3) is 4.76. The minimum Gasteiger partial charge on any atom is -0.377 e. The average molecular weight is 257 g/mol. The molecule has 4 N–H and O–H groups in total. The highest BCUT2D eigenvalue weighted by Crippen LogP contribution is 2.12. The van der Waals surface area contributed by atoms with Crippen molar-refractivity contribution in [3.63, 3.8) is 0 Å². The van der Waals surface area contributed by atoms with Gasteiger partial charge in [0, 0.05) is 25.0 Å². The maximum Gasteiger partial charge on any atom is 0.158 e. The van der Waals surface area contributed by atoms with E-state index in [4.69, 9.17) is 10.6 Å². The molecule has 1 aromatic rings. The normalized spacial score (nSPS) is 12.2. The number of hydrazine groups is 1. The summed E-state index contributed by atoms with van der Waals surface area (Å²) in [5.74, 6) is 7.28. The van der Waals surface area contributed by atoms with Crippen molar-refractivity contribution in [1.29, 1.82) is 0 Å². The third-order valence-corrected chi connectivity index (χ3v) is 3.14. The molecular weight excluding hydrogens is 238 g/mol. The highest BCUT2D eigenvalue weighted by Gasteiger charge is 2.05. The molecule has 0 spiro atoms. The Morgan fingerprint density at radius 2 is 2.18 bits per heavy atom. The lowest BCUT2D eigenvalue weighted by molar-refractivity contribution is 0.178. The molecular formula is C10H19N5OS. The fraction of sp³-hybridized carbons (Fsp3) is 0.600. The average Bonchev–Trinajstić information content (AvgIpc) is 2.36. The van der Waals surface area contributed by atoms with E-state index in [2.05, 4.69) is 33.9 Å². The molecule has 7 heteroatoms. The van der Waals surface area contributed by atoms with Crippen molar-refractivity contribution in [2.45, 2.75) is 18.8 Å². The largest absolute Gasteiger partial charge is 0.377 e. The lowest BCUT2D eigenvalue weighted by atomic mass is 10.4. The van der Waals surface area contributed by atoms with Crippen molar-refractivity contribution in [2.75, 3.05) is 30.7 Å². The monoisotopic (exact) mass is 257 g/mol. The van der Waals surface area contributed by atoms with Gasteiger partial charge in [0.25, 0.3) is 0 Å². The fourth-order valence-corrected chi connectivity index (χ4v) is 1.44. The Bertz CT molecular complexity index is 349. The Hall–Kier alpha value is -1.05. The highest BCUT2D eigenvalue weighted by molar-refractivity contribution is 7.99. The lowest BCUT2D eigenvalue weighted by Gasteiger charge is -2.12. The first kappa shape index (κ1) is 14.0. The van der Waals surface area contributed by atoms with E-state index in [0.29, 0.717) is 23.5 Å². The van der Waals surface area contributed by atoms with Gasteiger partial charge >= 0.3 is 0 Å². The van der Waals surface area contributed by atoms with Gasteiger partial charge < -0.3 is 15.5 Å². The van der Waals surface area contributed by atoms with Crippen LogP contribution in [-0.2, 0) is 11.3 Å². The van der Waals surface area contributed by atoms with Crippen LogP contribution in [0.2, 0.25) is 0 Å². The van der Waals surface area contributed by atoms with Gasteiger partial charge in [0.15, 0.2) is 5.82 Å². The Morgan fingerprint density at radius 1 is 1.47 bits per heavy atom. The minimum absolute atomic E-state index is 0.363. The van der Waals surface area contributed by atoms with Crippen molar-refractivity contribution in [1.82, 2.24) is 9.97 Å². The molecule has 96 valence electrons. The number of nitrogens with two attached hydrogens (primary N) is 1. The Kier molecular flexibility index (Phi) is 6.03. The zero-order valence-electron chi connectivity index (χ0n) is 10.4. The van der Waals surface area contributed by atoms with Crippen LogP contribution in [0.3, 0.4) is 0 Å². The van der Waals surface area contributed by atoms with Gasteiger partial charge in [0.05, 0.1) is 0 Å². The zero-order valence-corrected chi connectivity index (χ0v) is 11.2. The van der Waals surface area contributed by atoms with Gasteiger partial charge in [-0.15, -0.1) is 0 Å². The quantitative estimate of drug-likeness (QED) is 0.497. The van der Waals surface area contributed by atoms with Gasteiger partial charge in [-0.05, 0) is 6.26 Å². The van der Waals surface area contributed by atoms with Gasteiger partial charge in [-0.3, -0.25) is 0 Å². The summed E-state index contributed by atoms with van der Waals surface area (Å²) >= 11 is 1.80. The summed E-state index contributed by atoms with van der Waals surface area (Å²) in [5, 5.41) is 3.76. The van der Waals surface area contributed by atoms with E-state index in [-0.39, 0.29) is 0 Å². The second-order valence-electron chi connectivity index (χ2n) is 3.56. The van der Waals surface area contributed by atoms with Gasteiger partial charge in [0.2, 0.25) is 0 Å². The van der Waals surface area contributed by atoms with E-state index in [1.54, 1.807) is 24.9 Å². The Labute approximate surface area is 106 Å². The molecule has 0 aliphatic carbocycles. The number of hydrogen-bond acceptors (Lipinski definition) is 7. The van der Waals surface area contributed by atoms with Gasteiger partial charge in [-0.25, -0.2) is 15.8 Å². The first-order chi connectivity index (χ1) is 8.19. The first-order valence-corrected chi connectivity index (χ1v) is 6.58. The molecule has 17 heavy (non-hydrogen) atoms. The third-order valence-electron chi connectivity index (χ3n) is 2.17. The highest BCUT2D eigenvalue weighted by atomic mass is 32.2. The van der Waals surface area contributed by atoms with E-state index in [9.17, 15) is 0 Å². The number of nitrogens with zero attached hydrogens (tertiary/aromatic N) is 2. The summed E-state index contributed by atoms with van der Waals surface area (Å²) in [6, 6.07) is 1.77. The fourth-order valence-electron chi connectivity index (χ4n) is 1.19. The summed E-state index contributed by atoms with van der Waals surface area (Å²) in [4.78, 5) is 8.50. The second kappa shape index (κ2) is 7.31. The number of methoxy groups -OCH3 is 1. The predicted octanol–water partition coefficient (Wildman–Crippen LogP) is 1.07. The van der Waals surface area contributed by atoms with E-state index in [0.717, 1.165) is 12.4 Å². The molecule has 0 amide bonds. The topological polar surface area (TPSA) is 85.1 Å².